The van der Waals surface area contributed by atoms with E-state index in [9.17, 15) is 28.8 Å². The van der Waals surface area contributed by atoms with Crippen LogP contribution in [0.25, 0.3) is 0 Å². The molecule has 3 N–H and O–H groups in total. The van der Waals surface area contributed by atoms with E-state index in [2.05, 4.69) is 41.9 Å². The number of imide groups is 1. The maximum Gasteiger partial charge on any atom is 0.305 e. The Morgan fingerprint density at radius 2 is 1.28 bits per heavy atom. The molecule has 7 rings (SSSR count). The molecule has 1 saturated heterocycles. The van der Waals surface area contributed by atoms with Gasteiger partial charge in [0.05, 0.1) is 20.2 Å². The number of nitrogens with zero attached hydrogens (tertiary/aromatic N) is 2. The summed E-state index contributed by atoms with van der Waals surface area (Å²) in [7, 11) is 1.27. The molecule has 0 spiro atoms. The quantitative estimate of drug-likeness (QED) is 0.0895. The van der Waals surface area contributed by atoms with E-state index in [0.717, 1.165) is 27.4 Å². The Morgan fingerprint density at radius 1 is 0.759 bits per heavy atom. The average Bonchev–Trinajstić information content (AvgIpc) is 3.75. The molecule has 0 aromatic heterocycles. The van der Waals surface area contributed by atoms with Gasteiger partial charge in [0.15, 0.2) is 0 Å². The number of carbonyl (C=O) groups excluding carboxylic acids is 6. The van der Waals surface area contributed by atoms with E-state index in [1.807, 2.05) is 54.6 Å². The number of nitrogens with two attached hydrogens (primary N) is 1. The average molecular weight is 919 g/mol. The van der Waals surface area contributed by atoms with Gasteiger partial charge in [0, 0.05) is 45.8 Å². The molecular formula is C43H42Br2N4O9. The van der Waals surface area contributed by atoms with Crippen LogP contribution in [0.3, 0.4) is 0 Å². The summed E-state index contributed by atoms with van der Waals surface area (Å²) < 4.78 is 16.6. The number of benzene rings is 4. The number of carbonyl (C=O) groups is 6. The highest BCUT2D eigenvalue weighted by Crippen LogP contribution is 2.35. The fourth-order valence-corrected chi connectivity index (χ4v) is 7.73. The lowest BCUT2D eigenvalue weighted by molar-refractivity contribution is -0.141. The van der Waals surface area contributed by atoms with Gasteiger partial charge >= 0.3 is 5.97 Å². The Morgan fingerprint density at radius 3 is 1.78 bits per heavy atom. The number of ether oxygens (including phenoxy) is 3. The number of nitrogens with one attached hydrogen (secondary N) is 1. The first-order chi connectivity index (χ1) is 28.0. The van der Waals surface area contributed by atoms with Crippen LogP contribution in [0.2, 0.25) is 0 Å². The Bertz CT molecular complexity index is 2200. The van der Waals surface area contributed by atoms with Crippen molar-refractivity contribution in [3.8, 4) is 11.5 Å². The SMILES string of the molecule is COC(=O)CC[C@@H](C(N)=O)N1Cc2c(OCc3ccc(CBr)cc3)cccc2C1=O.O=C1CC[C@H](N2Cc3c(OCc4ccc(CBr)cc4)cccc3C2=O)C(=O)N1. The molecule has 58 heavy (non-hydrogen) atoms. The molecule has 0 radical (unpaired) electrons. The minimum Gasteiger partial charge on any atom is -0.489 e. The van der Waals surface area contributed by atoms with E-state index in [4.69, 9.17) is 15.2 Å². The predicted octanol–water partition coefficient (Wildman–Crippen LogP) is 5.84. The van der Waals surface area contributed by atoms with Crippen molar-refractivity contribution in [3.63, 3.8) is 0 Å². The fourth-order valence-electron chi connectivity index (χ4n) is 6.98. The van der Waals surface area contributed by atoms with Crippen LogP contribution in [0.1, 0.15) is 79.8 Å². The van der Waals surface area contributed by atoms with Crippen LogP contribution in [0.5, 0.6) is 11.5 Å². The predicted molar refractivity (Wildman–Crippen MR) is 220 cm³/mol. The molecule has 0 saturated carbocycles. The van der Waals surface area contributed by atoms with Gasteiger partial charge in [0.25, 0.3) is 11.8 Å². The minimum atomic E-state index is -0.895. The highest BCUT2D eigenvalue weighted by atomic mass is 79.9. The van der Waals surface area contributed by atoms with Gasteiger partial charge in [0.1, 0.15) is 36.8 Å². The number of fused-ring (bicyclic) bond motifs is 2. The summed E-state index contributed by atoms with van der Waals surface area (Å²) in [5.74, 6) is -1.08. The zero-order chi connectivity index (χ0) is 41.3. The van der Waals surface area contributed by atoms with Gasteiger partial charge in [-0.25, -0.2) is 0 Å². The first kappa shape index (κ1) is 42.1. The van der Waals surface area contributed by atoms with E-state index in [1.54, 1.807) is 30.3 Å². The molecule has 0 unspecified atom stereocenters. The van der Waals surface area contributed by atoms with E-state index < -0.39 is 29.9 Å². The molecule has 3 aliphatic rings. The topological polar surface area (TPSA) is 175 Å². The number of methoxy groups -OCH3 is 1. The van der Waals surface area contributed by atoms with Crippen molar-refractivity contribution in [1.29, 1.82) is 0 Å². The highest BCUT2D eigenvalue weighted by molar-refractivity contribution is 9.08. The fraction of sp³-hybridized carbons (Fsp3) is 0.302. The van der Waals surface area contributed by atoms with Crippen LogP contribution in [0.15, 0.2) is 84.9 Å². The molecule has 3 heterocycles. The molecule has 302 valence electrons. The summed E-state index contributed by atoms with van der Waals surface area (Å²) in [5, 5.41) is 3.91. The number of hydrogen-bond donors (Lipinski definition) is 2. The number of piperidine rings is 1. The highest BCUT2D eigenvalue weighted by Gasteiger charge is 2.40. The van der Waals surface area contributed by atoms with Crippen molar-refractivity contribution in [2.75, 3.05) is 7.11 Å². The molecule has 5 amide bonds. The number of hydrogen-bond acceptors (Lipinski definition) is 9. The number of amides is 5. The van der Waals surface area contributed by atoms with Gasteiger partial charge in [-0.15, -0.1) is 0 Å². The van der Waals surface area contributed by atoms with Gasteiger partial charge in [-0.3, -0.25) is 34.1 Å². The first-order valence-corrected chi connectivity index (χ1v) is 20.8. The van der Waals surface area contributed by atoms with E-state index >= 15 is 0 Å². The smallest absolute Gasteiger partial charge is 0.305 e. The van der Waals surface area contributed by atoms with Crippen LogP contribution in [0, 0.1) is 0 Å². The second-order valence-electron chi connectivity index (χ2n) is 13.9. The molecule has 3 aliphatic heterocycles. The van der Waals surface area contributed by atoms with Crippen molar-refractivity contribution < 1.29 is 43.0 Å². The van der Waals surface area contributed by atoms with E-state index in [-0.39, 0.29) is 43.5 Å². The van der Waals surface area contributed by atoms with Crippen molar-refractivity contribution in [1.82, 2.24) is 15.1 Å². The monoisotopic (exact) mass is 916 g/mol. The van der Waals surface area contributed by atoms with Crippen LogP contribution < -0.4 is 20.5 Å². The third-order valence-electron chi connectivity index (χ3n) is 10.2. The second kappa shape index (κ2) is 19.3. The van der Waals surface area contributed by atoms with Crippen LogP contribution in [-0.4, -0.2) is 64.5 Å². The Balaban J connectivity index is 0.000000196. The van der Waals surface area contributed by atoms with Crippen LogP contribution in [-0.2, 0) is 60.9 Å². The summed E-state index contributed by atoms with van der Waals surface area (Å²) in [5.41, 5.74) is 12.5. The summed E-state index contributed by atoms with van der Waals surface area (Å²) in [6.45, 7) is 1.25. The van der Waals surface area contributed by atoms with Crippen LogP contribution in [0.4, 0.5) is 0 Å². The molecule has 13 nitrogen and oxygen atoms in total. The minimum absolute atomic E-state index is 0.00200. The lowest BCUT2D eigenvalue weighted by atomic mass is 10.0. The lowest BCUT2D eigenvalue weighted by Crippen LogP contribution is -2.52. The summed E-state index contributed by atoms with van der Waals surface area (Å²) in [4.78, 5) is 75.7. The normalized spacial score (nSPS) is 16.2. The lowest BCUT2D eigenvalue weighted by Gasteiger charge is -2.29. The Kier molecular flexibility index (Phi) is 14.0. The maximum atomic E-state index is 12.9. The van der Waals surface area contributed by atoms with Crippen LogP contribution >= 0.6 is 31.9 Å². The van der Waals surface area contributed by atoms with Crippen molar-refractivity contribution in [2.24, 2.45) is 5.73 Å². The molecule has 2 atom stereocenters. The number of esters is 1. The van der Waals surface area contributed by atoms with Gasteiger partial charge in [-0.05, 0) is 59.4 Å². The Labute approximate surface area is 352 Å². The molecular weight excluding hydrogens is 876 g/mol. The molecule has 4 aromatic carbocycles. The zero-order valence-electron chi connectivity index (χ0n) is 31.7. The first-order valence-electron chi connectivity index (χ1n) is 18.6. The molecule has 0 aliphatic carbocycles. The van der Waals surface area contributed by atoms with Crippen molar-refractivity contribution in [2.45, 2.75) is 74.7 Å². The standard InChI is InChI=1S/C22H23BrN2O5.C21H19BrN2O4/c1-29-20(26)10-9-18(21(24)27)25-12-17-16(22(25)28)3-2-4-19(17)30-13-15-7-5-14(11-23)6-8-15;22-10-13-4-6-14(7-5-13)12-28-18-3-1-2-15-16(18)11-24(21(15)27)17-8-9-19(25)23-20(17)26/h2-8,18H,9-13H2,1H3,(H2,24,27);1-7,17H,8-12H2,(H,23,25,26)/t18-;17-/m00/s1. The van der Waals surface area contributed by atoms with Gasteiger partial charge in [-0.1, -0.05) is 92.5 Å². The van der Waals surface area contributed by atoms with Gasteiger partial charge < -0.3 is 29.7 Å². The Hall–Kier alpha value is -5.54. The number of alkyl halides is 2. The molecule has 4 aromatic rings. The van der Waals surface area contributed by atoms with E-state index in [0.29, 0.717) is 54.4 Å². The second-order valence-corrected chi connectivity index (χ2v) is 15.0. The van der Waals surface area contributed by atoms with E-state index in [1.165, 1.54) is 28.0 Å². The summed E-state index contributed by atoms with van der Waals surface area (Å²) >= 11 is 6.85. The molecule has 0 bridgehead atoms. The van der Waals surface area contributed by atoms with Crippen molar-refractivity contribution >= 4 is 67.4 Å². The number of halogens is 2. The van der Waals surface area contributed by atoms with Gasteiger partial charge in [-0.2, -0.15) is 0 Å². The summed E-state index contributed by atoms with van der Waals surface area (Å²) in [6.07, 6.45) is 0.695. The van der Waals surface area contributed by atoms with Gasteiger partial charge in [0.2, 0.25) is 17.7 Å². The maximum absolute atomic E-state index is 12.9. The van der Waals surface area contributed by atoms with Crippen molar-refractivity contribution in [3.05, 3.63) is 129 Å². The molecule has 1 fully saturated rings. The summed E-state index contributed by atoms with van der Waals surface area (Å²) in [6, 6.07) is 25.2. The largest absolute Gasteiger partial charge is 0.489 e. The third kappa shape index (κ3) is 9.76. The number of rotatable bonds is 14. The number of primary amides is 1. The molecule has 15 heteroatoms. The zero-order valence-corrected chi connectivity index (χ0v) is 34.9. The third-order valence-corrected chi connectivity index (χ3v) is 11.5.